The van der Waals surface area contributed by atoms with E-state index in [0.717, 1.165) is 48.8 Å². The SMILES string of the molecule is CCc1ccc(CCC(=O)N(Cc2cccc(Cl)c2)C(Cc2ccccc2)C(=O)NC2CCCCC2)cc1. The van der Waals surface area contributed by atoms with Crippen molar-refractivity contribution in [2.24, 2.45) is 0 Å². The summed E-state index contributed by atoms with van der Waals surface area (Å²) < 4.78 is 0. The second-order valence-electron chi connectivity index (χ2n) is 10.4. The molecule has 3 aromatic rings. The molecule has 1 fully saturated rings. The van der Waals surface area contributed by atoms with Crippen LogP contribution in [-0.4, -0.2) is 28.8 Å². The standard InChI is InChI=1S/C33H39ClN2O2/c1-2-25-16-18-26(19-17-25)20-21-32(37)36(24-28-12-9-13-29(34)22-28)31(23-27-10-5-3-6-11-27)33(38)35-30-14-7-4-8-15-30/h3,5-6,9-13,16-19,22,30-31H,2,4,7-8,14-15,20-21,23-24H2,1H3,(H,35,38). The molecule has 0 saturated heterocycles. The summed E-state index contributed by atoms with van der Waals surface area (Å²) in [4.78, 5) is 29.5. The highest BCUT2D eigenvalue weighted by Gasteiger charge is 2.31. The molecular weight excluding hydrogens is 492 g/mol. The van der Waals surface area contributed by atoms with Crippen LogP contribution in [0.25, 0.3) is 0 Å². The zero-order valence-corrected chi connectivity index (χ0v) is 23.1. The molecule has 0 bridgehead atoms. The molecule has 1 saturated carbocycles. The van der Waals surface area contributed by atoms with Crippen LogP contribution in [0, 0.1) is 0 Å². The number of nitrogens with one attached hydrogen (secondary N) is 1. The molecule has 5 heteroatoms. The zero-order valence-electron chi connectivity index (χ0n) is 22.4. The van der Waals surface area contributed by atoms with E-state index in [2.05, 4.69) is 36.5 Å². The van der Waals surface area contributed by atoms with Crippen molar-refractivity contribution in [2.75, 3.05) is 0 Å². The number of nitrogens with zero attached hydrogens (tertiary/aromatic N) is 1. The average Bonchev–Trinajstić information content (AvgIpc) is 2.95. The fourth-order valence-corrected chi connectivity index (χ4v) is 5.48. The molecule has 4 rings (SSSR count). The van der Waals surface area contributed by atoms with Crippen molar-refractivity contribution in [3.05, 3.63) is 106 Å². The molecule has 0 aromatic heterocycles. The minimum atomic E-state index is -0.603. The number of halogens is 1. The Kier molecular flexibility index (Phi) is 10.4. The second-order valence-corrected chi connectivity index (χ2v) is 10.8. The van der Waals surface area contributed by atoms with Crippen LogP contribution in [0.1, 0.15) is 67.7 Å². The smallest absolute Gasteiger partial charge is 0.243 e. The Morgan fingerprint density at radius 3 is 2.24 bits per heavy atom. The fraction of sp³-hybridized carbons (Fsp3) is 0.394. The van der Waals surface area contributed by atoms with Crippen LogP contribution in [-0.2, 0) is 35.4 Å². The average molecular weight is 531 g/mol. The minimum absolute atomic E-state index is 0.0238. The lowest BCUT2D eigenvalue weighted by Gasteiger charge is -2.33. The van der Waals surface area contributed by atoms with E-state index in [9.17, 15) is 9.59 Å². The van der Waals surface area contributed by atoms with Gasteiger partial charge in [-0.1, -0.05) is 105 Å². The van der Waals surface area contributed by atoms with Gasteiger partial charge in [0.2, 0.25) is 11.8 Å². The molecule has 200 valence electrons. The summed E-state index contributed by atoms with van der Waals surface area (Å²) in [5.74, 6) is -0.0901. The molecule has 1 N–H and O–H groups in total. The minimum Gasteiger partial charge on any atom is -0.352 e. The summed E-state index contributed by atoms with van der Waals surface area (Å²) in [5, 5.41) is 3.92. The molecule has 0 heterocycles. The quantitative estimate of drug-likeness (QED) is 0.292. The van der Waals surface area contributed by atoms with Gasteiger partial charge in [0.25, 0.3) is 0 Å². The van der Waals surface area contributed by atoms with E-state index in [0.29, 0.717) is 30.8 Å². The Morgan fingerprint density at radius 2 is 1.55 bits per heavy atom. The van der Waals surface area contributed by atoms with Gasteiger partial charge in [-0.3, -0.25) is 9.59 Å². The number of hydrogen-bond donors (Lipinski definition) is 1. The number of carbonyl (C=O) groups excluding carboxylic acids is 2. The Labute approximate surface area is 232 Å². The van der Waals surface area contributed by atoms with Crippen molar-refractivity contribution in [2.45, 2.75) is 83.3 Å². The van der Waals surface area contributed by atoms with Gasteiger partial charge in [0, 0.05) is 30.5 Å². The van der Waals surface area contributed by atoms with Crippen molar-refractivity contribution in [3.8, 4) is 0 Å². The predicted molar refractivity (Wildman–Crippen MR) is 155 cm³/mol. The highest BCUT2D eigenvalue weighted by atomic mass is 35.5. The molecule has 0 spiro atoms. The number of hydrogen-bond acceptors (Lipinski definition) is 2. The molecule has 0 aliphatic heterocycles. The molecule has 1 aliphatic rings. The maximum atomic E-state index is 13.9. The Bertz CT molecular complexity index is 1170. The topological polar surface area (TPSA) is 49.4 Å². The molecule has 0 radical (unpaired) electrons. The lowest BCUT2D eigenvalue weighted by Crippen LogP contribution is -2.52. The van der Waals surface area contributed by atoms with Crippen molar-refractivity contribution in [1.82, 2.24) is 10.2 Å². The van der Waals surface area contributed by atoms with E-state index >= 15 is 0 Å². The van der Waals surface area contributed by atoms with Gasteiger partial charge in [-0.2, -0.15) is 0 Å². The van der Waals surface area contributed by atoms with Gasteiger partial charge in [0.15, 0.2) is 0 Å². The van der Waals surface area contributed by atoms with E-state index in [4.69, 9.17) is 11.6 Å². The predicted octanol–water partition coefficient (Wildman–Crippen LogP) is 6.92. The van der Waals surface area contributed by atoms with Crippen LogP contribution in [0.2, 0.25) is 5.02 Å². The van der Waals surface area contributed by atoms with Gasteiger partial charge in [0.05, 0.1) is 0 Å². The van der Waals surface area contributed by atoms with Crippen molar-refractivity contribution >= 4 is 23.4 Å². The van der Waals surface area contributed by atoms with Gasteiger partial charge in [-0.15, -0.1) is 0 Å². The van der Waals surface area contributed by atoms with Crippen molar-refractivity contribution in [1.29, 1.82) is 0 Å². The summed E-state index contributed by atoms with van der Waals surface area (Å²) in [5.41, 5.74) is 4.37. The van der Waals surface area contributed by atoms with Crippen molar-refractivity contribution in [3.63, 3.8) is 0 Å². The summed E-state index contributed by atoms with van der Waals surface area (Å²) in [6, 6.07) is 25.6. The van der Waals surface area contributed by atoms with Gasteiger partial charge in [-0.05, 0) is 60.1 Å². The van der Waals surface area contributed by atoms with Crippen LogP contribution in [0.15, 0.2) is 78.9 Å². The first-order chi connectivity index (χ1) is 18.5. The van der Waals surface area contributed by atoms with Gasteiger partial charge >= 0.3 is 0 Å². The van der Waals surface area contributed by atoms with E-state index < -0.39 is 6.04 Å². The Hall–Kier alpha value is -3.11. The molecule has 4 nitrogen and oxygen atoms in total. The van der Waals surface area contributed by atoms with E-state index in [1.165, 1.54) is 12.0 Å². The summed E-state index contributed by atoms with van der Waals surface area (Å²) in [6.07, 6.45) is 7.93. The van der Waals surface area contributed by atoms with Crippen LogP contribution in [0.5, 0.6) is 0 Å². The third-order valence-electron chi connectivity index (χ3n) is 7.52. The number of rotatable bonds is 11. The number of carbonyl (C=O) groups is 2. The molecule has 38 heavy (non-hydrogen) atoms. The monoisotopic (exact) mass is 530 g/mol. The molecular formula is C33H39ClN2O2. The Morgan fingerprint density at radius 1 is 0.868 bits per heavy atom. The molecule has 1 atom stereocenters. The largest absolute Gasteiger partial charge is 0.352 e. The van der Waals surface area contributed by atoms with Crippen LogP contribution < -0.4 is 5.32 Å². The number of aryl methyl sites for hydroxylation is 2. The van der Waals surface area contributed by atoms with E-state index in [1.54, 1.807) is 4.90 Å². The van der Waals surface area contributed by atoms with Crippen LogP contribution in [0.4, 0.5) is 0 Å². The number of benzene rings is 3. The molecule has 2 amide bonds. The summed E-state index contributed by atoms with van der Waals surface area (Å²) >= 11 is 6.29. The zero-order chi connectivity index (χ0) is 26.7. The highest BCUT2D eigenvalue weighted by Crippen LogP contribution is 2.21. The third kappa shape index (κ3) is 8.19. The maximum absolute atomic E-state index is 13.9. The van der Waals surface area contributed by atoms with Gasteiger partial charge < -0.3 is 10.2 Å². The molecule has 1 aliphatic carbocycles. The fourth-order valence-electron chi connectivity index (χ4n) is 5.27. The normalized spacial score (nSPS) is 14.6. The maximum Gasteiger partial charge on any atom is 0.243 e. The lowest BCUT2D eigenvalue weighted by molar-refractivity contribution is -0.141. The third-order valence-corrected chi connectivity index (χ3v) is 7.76. The van der Waals surface area contributed by atoms with Crippen molar-refractivity contribution < 1.29 is 9.59 Å². The highest BCUT2D eigenvalue weighted by molar-refractivity contribution is 6.30. The summed E-state index contributed by atoms with van der Waals surface area (Å²) in [7, 11) is 0. The molecule has 1 unspecified atom stereocenters. The second kappa shape index (κ2) is 14.2. The van der Waals surface area contributed by atoms with Gasteiger partial charge in [-0.25, -0.2) is 0 Å². The molecule has 3 aromatic carbocycles. The first kappa shape index (κ1) is 27.9. The Balaban J connectivity index is 1.59. The van der Waals surface area contributed by atoms with E-state index in [1.807, 2.05) is 54.6 Å². The van der Waals surface area contributed by atoms with Gasteiger partial charge in [0.1, 0.15) is 6.04 Å². The van der Waals surface area contributed by atoms with E-state index in [-0.39, 0.29) is 17.9 Å². The first-order valence-corrected chi connectivity index (χ1v) is 14.4. The lowest BCUT2D eigenvalue weighted by atomic mass is 9.94. The number of amides is 2. The van der Waals surface area contributed by atoms with Crippen LogP contribution >= 0.6 is 11.6 Å². The first-order valence-electron chi connectivity index (χ1n) is 14.0. The summed E-state index contributed by atoms with van der Waals surface area (Å²) in [6.45, 7) is 2.47. The van der Waals surface area contributed by atoms with Crippen LogP contribution in [0.3, 0.4) is 0 Å².